The van der Waals surface area contributed by atoms with Crippen molar-refractivity contribution in [3.8, 4) is 6.07 Å². The van der Waals surface area contributed by atoms with Crippen LogP contribution in [0.4, 0.5) is 0 Å². The summed E-state index contributed by atoms with van der Waals surface area (Å²) in [5, 5.41) is 23.8. The number of carbonyl (C=O) groups is 3. The van der Waals surface area contributed by atoms with E-state index in [0.717, 1.165) is 31.6 Å². The maximum atomic E-state index is 13.8. The maximum Gasteiger partial charge on any atom is 0.352 e. The highest BCUT2D eigenvalue weighted by Crippen LogP contribution is 2.48. The summed E-state index contributed by atoms with van der Waals surface area (Å²) in [6.07, 6.45) is 6.91. The van der Waals surface area contributed by atoms with Gasteiger partial charge in [0, 0.05) is 23.0 Å². The Hall–Kier alpha value is -3.38. The van der Waals surface area contributed by atoms with Gasteiger partial charge in [0.05, 0.1) is 17.4 Å². The number of nitrogens with one attached hydrogen (secondary N) is 1. The Morgan fingerprint density at radius 3 is 2.50 bits per heavy atom. The number of aryl methyl sites for hydroxylation is 1. The van der Waals surface area contributed by atoms with E-state index in [0.29, 0.717) is 43.2 Å². The highest BCUT2D eigenvalue weighted by atomic mass is 16.4. The Morgan fingerprint density at radius 2 is 1.85 bits per heavy atom. The number of rotatable bonds is 11. The minimum atomic E-state index is -1.49. The van der Waals surface area contributed by atoms with E-state index in [9.17, 15) is 24.8 Å². The largest absolute Gasteiger partial charge is 0.477 e. The van der Waals surface area contributed by atoms with Crippen LogP contribution in [0, 0.1) is 23.2 Å². The average Bonchev–Trinajstić information content (AvgIpc) is 3.27. The van der Waals surface area contributed by atoms with Gasteiger partial charge >= 0.3 is 5.97 Å². The number of fused-ring (bicyclic) bond motifs is 1. The summed E-state index contributed by atoms with van der Waals surface area (Å²) in [6.45, 7) is 7.43. The van der Waals surface area contributed by atoms with Gasteiger partial charge in [0.25, 0.3) is 0 Å². The summed E-state index contributed by atoms with van der Waals surface area (Å²) >= 11 is 0. The molecule has 1 aromatic carbocycles. The van der Waals surface area contributed by atoms with E-state index >= 15 is 0 Å². The highest BCUT2D eigenvalue weighted by molar-refractivity contribution is 6.06. The molecule has 216 valence electrons. The Morgan fingerprint density at radius 1 is 1.12 bits per heavy atom. The molecule has 0 radical (unpaired) electrons. The average molecular weight is 550 g/mol. The fourth-order valence-electron chi connectivity index (χ4n) is 6.98. The van der Waals surface area contributed by atoms with Crippen LogP contribution >= 0.6 is 0 Å². The fourth-order valence-corrected chi connectivity index (χ4v) is 6.98. The van der Waals surface area contributed by atoms with Gasteiger partial charge in [-0.3, -0.25) is 9.59 Å². The molecule has 2 heterocycles. The van der Waals surface area contributed by atoms with E-state index in [4.69, 9.17) is 5.73 Å². The normalized spacial score (nSPS) is 22.6. The number of carboxylic acids is 1. The van der Waals surface area contributed by atoms with Crippen molar-refractivity contribution in [3.63, 3.8) is 0 Å². The molecule has 1 saturated heterocycles. The van der Waals surface area contributed by atoms with Crippen LogP contribution in [0.25, 0.3) is 10.9 Å². The fraction of sp³-hybridized carbons (Fsp3) is 0.613. The number of aromatic nitrogens is 1. The van der Waals surface area contributed by atoms with Gasteiger partial charge in [-0.1, -0.05) is 51.3 Å². The van der Waals surface area contributed by atoms with Gasteiger partial charge in [-0.25, -0.2) is 4.79 Å². The van der Waals surface area contributed by atoms with Crippen molar-refractivity contribution in [2.45, 2.75) is 89.6 Å². The third-order valence-electron chi connectivity index (χ3n) is 8.77. The van der Waals surface area contributed by atoms with E-state index in [1.807, 2.05) is 42.7 Å². The van der Waals surface area contributed by atoms with Gasteiger partial charge in [0.1, 0.15) is 11.7 Å². The minimum absolute atomic E-state index is 0.0392. The first-order valence-corrected chi connectivity index (χ1v) is 14.8. The lowest BCUT2D eigenvalue weighted by molar-refractivity contribution is -0.137. The Bertz CT molecular complexity index is 1270. The third-order valence-corrected chi connectivity index (χ3v) is 8.77. The molecule has 0 unspecified atom stereocenters. The first-order chi connectivity index (χ1) is 19.2. The van der Waals surface area contributed by atoms with Crippen LogP contribution in [0.1, 0.15) is 87.7 Å². The molecule has 4 N–H and O–H groups in total. The molecule has 4 rings (SSSR count). The monoisotopic (exact) mass is 549 g/mol. The molecule has 1 aliphatic heterocycles. The van der Waals surface area contributed by atoms with E-state index in [2.05, 4.69) is 16.3 Å². The van der Waals surface area contributed by atoms with Gasteiger partial charge in [-0.15, -0.1) is 0 Å². The zero-order valence-electron chi connectivity index (χ0n) is 23.8. The lowest BCUT2D eigenvalue weighted by Gasteiger charge is -2.41. The Labute approximate surface area is 236 Å². The molecule has 2 aromatic rings. The number of nitrogens with zero attached hydrogens (tertiary/aromatic N) is 3. The van der Waals surface area contributed by atoms with Crippen LogP contribution in [-0.2, 0) is 21.5 Å². The Balaban J connectivity index is 1.80. The van der Waals surface area contributed by atoms with Crippen molar-refractivity contribution in [2.24, 2.45) is 17.6 Å². The van der Waals surface area contributed by atoms with Gasteiger partial charge in [0.15, 0.2) is 0 Å². The number of nitriles is 1. The molecule has 9 heteroatoms. The molecular weight excluding hydrogens is 506 g/mol. The topological polar surface area (TPSA) is 141 Å². The van der Waals surface area contributed by atoms with E-state index in [1.165, 1.54) is 19.3 Å². The summed E-state index contributed by atoms with van der Waals surface area (Å²) < 4.78 is 1.81. The zero-order chi connectivity index (χ0) is 28.9. The molecule has 9 nitrogen and oxygen atoms in total. The summed E-state index contributed by atoms with van der Waals surface area (Å²) in [5.74, 6) is -2.91. The first kappa shape index (κ1) is 29.6. The number of hydrogen-bond donors (Lipinski definition) is 3. The highest BCUT2D eigenvalue weighted by Gasteiger charge is 2.54. The van der Waals surface area contributed by atoms with Crippen LogP contribution in [-0.4, -0.2) is 58.0 Å². The number of hydrogen-bond acceptors (Lipinski definition) is 5. The van der Waals surface area contributed by atoms with Gasteiger partial charge in [-0.05, 0) is 70.1 Å². The van der Waals surface area contributed by atoms with Crippen LogP contribution in [0.3, 0.4) is 0 Å². The van der Waals surface area contributed by atoms with Crippen molar-refractivity contribution in [3.05, 3.63) is 35.5 Å². The predicted octanol–water partition coefficient (Wildman–Crippen LogP) is 4.18. The third kappa shape index (κ3) is 5.87. The number of nitrogens with two attached hydrogens (primary N) is 1. The molecule has 3 atom stereocenters. The summed E-state index contributed by atoms with van der Waals surface area (Å²) in [5.41, 5.74) is 5.80. The molecule has 1 aliphatic carbocycles. The van der Waals surface area contributed by atoms with Gasteiger partial charge in [-0.2, -0.15) is 5.26 Å². The molecule has 2 fully saturated rings. The second-order valence-corrected chi connectivity index (χ2v) is 11.9. The zero-order valence-corrected chi connectivity index (χ0v) is 23.8. The minimum Gasteiger partial charge on any atom is -0.477 e. The van der Waals surface area contributed by atoms with Crippen molar-refractivity contribution < 1.29 is 19.5 Å². The summed E-state index contributed by atoms with van der Waals surface area (Å²) in [6, 6.07) is 8.88. The smallest absolute Gasteiger partial charge is 0.352 e. The number of benzene rings is 1. The molecule has 0 bridgehead atoms. The van der Waals surface area contributed by atoms with Crippen LogP contribution in [0.2, 0.25) is 0 Å². The number of para-hydroxylation sites is 1. The number of carbonyl (C=O) groups excluding carboxylic acids is 2. The first-order valence-electron chi connectivity index (χ1n) is 14.8. The number of amides is 2. The lowest BCUT2D eigenvalue weighted by atomic mass is 9.60. The van der Waals surface area contributed by atoms with E-state index in [-0.39, 0.29) is 18.0 Å². The van der Waals surface area contributed by atoms with E-state index < -0.39 is 35.2 Å². The SMILES string of the molecule is CC(C)C[C@@H](C#N)NC(=O)[C@@H]1CCCC[C@@]1(C(N)=O)c1c(C(=O)O)n(CCCN2CCCCC2)c2ccccc12. The molecule has 2 amide bonds. The second kappa shape index (κ2) is 12.9. The van der Waals surface area contributed by atoms with Crippen molar-refractivity contribution in [2.75, 3.05) is 19.6 Å². The van der Waals surface area contributed by atoms with Gasteiger partial charge < -0.3 is 25.6 Å². The number of aromatic carboxylic acids is 1. The van der Waals surface area contributed by atoms with Gasteiger partial charge in [0.2, 0.25) is 11.8 Å². The molecular formula is C31H43N5O4. The van der Waals surface area contributed by atoms with Crippen molar-refractivity contribution >= 4 is 28.7 Å². The number of primary amides is 1. The van der Waals surface area contributed by atoms with Crippen molar-refractivity contribution in [1.29, 1.82) is 5.26 Å². The van der Waals surface area contributed by atoms with E-state index in [1.54, 1.807) is 0 Å². The van der Waals surface area contributed by atoms with Crippen LogP contribution in [0.15, 0.2) is 24.3 Å². The molecule has 40 heavy (non-hydrogen) atoms. The molecule has 2 aliphatic rings. The summed E-state index contributed by atoms with van der Waals surface area (Å²) in [4.78, 5) is 42.7. The number of likely N-dealkylation sites (tertiary alicyclic amines) is 1. The number of piperidine rings is 1. The lowest BCUT2D eigenvalue weighted by Crippen LogP contribution is -2.56. The summed E-state index contributed by atoms with van der Waals surface area (Å²) in [7, 11) is 0. The molecule has 1 saturated carbocycles. The maximum absolute atomic E-state index is 13.8. The predicted molar refractivity (Wildman–Crippen MR) is 154 cm³/mol. The van der Waals surface area contributed by atoms with Crippen LogP contribution < -0.4 is 11.1 Å². The molecule has 0 spiro atoms. The molecule has 1 aromatic heterocycles. The van der Waals surface area contributed by atoms with Crippen molar-refractivity contribution in [1.82, 2.24) is 14.8 Å². The Kier molecular flexibility index (Phi) is 9.52. The standard InChI is InChI=1S/C31H43N5O4/c1-21(2)19-22(20-32)34-28(37)24-12-6-7-14-31(24,30(33)40)26-23-11-4-5-13-25(23)36(27(26)29(38)39)18-10-17-35-15-8-3-9-16-35/h4-5,11,13,21-22,24H,3,6-10,12,14-19H2,1-2H3,(H2,33,40)(H,34,37)(H,38,39)/t22-,24-,31-/m0/s1. The second-order valence-electron chi connectivity index (χ2n) is 11.9. The van der Waals surface area contributed by atoms with Crippen LogP contribution in [0.5, 0.6) is 0 Å². The number of carboxylic acid groups (broad SMARTS) is 1. The quantitative estimate of drug-likeness (QED) is 0.384.